The third-order valence-corrected chi connectivity index (χ3v) is 8.11. The summed E-state index contributed by atoms with van der Waals surface area (Å²) in [6.07, 6.45) is 0.374. The van der Waals surface area contributed by atoms with E-state index >= 15 is 0 Å². The standard InChI is InChI=1S/C28H35F3N3O6P/c1-19(33-39-16-20-7-12-24(22-5-3-2-4-6-22)25(15-20)28(29,30)31)21-8-10-23(11-9-21)26(35)34-14-13-27(32,17-34)18-40-41(36,37)38/h7-12,15,22H,2-6,13-14,16-18,32H2,1H3,(H2,36,37,38)/b33-19+/t27-/m0/s1. The zero-order valence-corrected chi connectivity index (χ0v) is 23.7. The van der Waals surface area contributed by atoms with Crippen LogP contribution in [-0.2, 0) is 26.7 Å². The first-order chi connectivity index (χ1) is 19.2. The van der Waals surface area contributed by atoms with Crippen LogP contribution < -0.4 is 5.73 Å². The van der Waals surface area contributed by atoms with Gasteiger partial charge in [0.15, 0.2) is 0 Å². The van der Waals surface area contributed by atoms with Gasteiger partial charge >= 0.3 is 14.0 Å². The van der Waals surface area contributed by atoms with Gasteiger partial charge in [0, 0.05) is 18.7 Å². The number of amides is 1. The van der Waals surface area contributed by atoms with Crippen LogP contribution in [0.25, 0.3) is 0 Å². The van der Waals surface area contributed by atoms with Crippen molar-refractivity contribution in [3.63, 3.8) is 0 Å². The van der Waals surface area contributed by atoms with Crippen molar-refractivity contribution in [3.8, 4) is 0 Å². The predicted octanol–water partition coefficient (Wildman–Crippen LogP) is 5.35. The fourth-order valence-corrected chi connectivity index (χ4v) is 5.83. The predicted molar refractivity (Wildman–Crippen MR) is 146 cm³/mol. The summed E-state index contributed by atoms with van der Waals surface area (Å²) in [7, 11) is -4.67. The maximum Gasteiger partial charge on any atom is 0.469 e. The largest absolute Gasteiger partial charge is 0.469 e. The van der Waals surface area contributed by atoms with Gasteiger partial charge in [0.05, 0.1) is 23.4 Å². The van der Waals surface area contributed by atoms with Gasteiger partial charge < -0.3 is 25.3 Å². The van der Waals surface area contributed by atoms with Gasteiger partial charge in [-0.3, -0.25) is 9.32 Å². The van der Waals surface area contributed by atoms with Crippen molar-refractivity contribution in [2.75, 3.05) is 19.7 Å². The molecule has 2 aliphatic rings. The summed E-state index contributed by atoms with van der Waals surface area (Å²) in [5.41, 5.74) is 6.75. The molecule has 1 saturated carbocycles. The van der Waals surface area contributed by atoms with E-state index in [1.165, 1.54) is 4.90 Å². The first-order valence-corrected chi connectivity index (χ1v) is 15.0. The third-order valence-electron chi connectivity index (χ3n) is 7.64. The Bertz CT molecular complexity index is 1310. The molecule has 4 N–H and O–H groups in total. The quantitative estimate of drug-likeness (QED) is 0.202. The minimum absolute atomic E-state index is 0.0735. The molecule has 1 aliphatic heterocycles. The number of hydrogen-bond donors (Lipinski definition) is 3. The number of benzene rings is 2. The lowest BCUT2D eigenvalue weighted by Gasteiger charge is -2.25. The molecule has 0 aromatic heterocycles. The minimum Gasteiger partial charge on any atom is -0.391 e. The van der Waals surface area contributed by atoms with Crippen LogP contribution >= 0.6 is 7.82 Å². The molecule has 2 aromatic carbocycles. The average Bonchev–Trinajstić information content (AvgIpc) is 3.33. The van der Waals surface area contributed by atoms with E-state index in [9.17, 15) is 22.5 Å². The third kappa shape index (κ3) is 8.39. The molecular formula is C28H35F3N3O6P. The van der Waals surface area contributed by atoms with E-state index in [2.05, 4.69) is 9.68 Å². The van der Waals surface area contributed by atoms with Crippen molar-refractivity contribution in [3.05, 3.63) is 70.3 Å². The molecule has 0 bridgehead atoms. The van der Waals surface area contributed by atoms with Gasteiger partial charge in [-0.2, -0.15) is 13.2 Å². The van der Waals surface area contributed by atoms with E-state index in [-0.39, 0.29) is 31.6 Å². The highest BCUT2D eigenvalue weighted by atomic mass is 31.2. The number of hydrogen-bond acceptors (Lipinski definition) is 6. The van der Waals surface area contributed by atoms with E-state index in [4.69, 9.17) is 20.4 Å². The zero-order chi connectivity index (χ0) is 29.8. The second kappa shape index (κ2) is 12.6. The number of nitrogens with two attached hydrogens (primary N) is 1. The monoisotopic (exact) mass is 597 g/mol. The van der Waals surface area contributed by atoms with Crippen LogP contribution in [0.5, 0.6) is 0 Å². The van der Waals surface area contributed by atoms with Crippen LogP contribution in [0.3, 0.4) is 0 Å². The molecule has 0 spiro atoms. The van der Waals surface area contributed by atoms with E-state index in [1.807, 2.05) is 0 Å². The number of carbonyl (C=O) groups is 1. The first kappa shape index (κ1) is 31.2. The topological polar surface area (TPSA) is 135 Å². The molecule has 9 nitrogen and oxygen atoms in total. The van der Waals surface area contributed by atoms with Gasteiger partial charge in [-0.1, -0.05) is 48.7 Å². The number of carbonyl (C=O) groups excluding carboxylic acids is 1. The zero-order valence-electron chi connectivity index (χ0n) is 22.8. The molecule has 2 fully saturated rings. The average molecular weight is 598 g/mol. The van der Waals surface area contributed by atoms with Crippen LogP contribution in [0.1, 0.15) is 84.0 Å². The number of alkyl halides is 3. The molecule has 224 valence electrons. The number of likely N-dealkylation sites (tertiary alicyclic amines) is 1. The van der Waals surface area contributed by atoms with Crippen molar-refractivity contribution in [1.82, 2.24) is 4.90 Å². The number of nitrogens with zero attached hydrogens (tertiary/aromatic N) is 2. The highest BCUT2D eigenvalue weighted by Gasteiger charge is 2.39. The summed E-state index contributed by atoms with van der Waals surface area (Å²) in [6, 6.07) is 11.0. The Morgan fingerprint density at radius 2 is 1.78 bits per heavy atom. The Morgan fingerprint density at radius 3 is 2.41 bits per heavy atom. The first-order valence-electron chi connectivity index (χ1n) is 13.5. The van der Waals surface area contributed by atoms with Crippen molar-refractivity contribution < 1.29 is 41.7 Å². The summed E-state index contributed by atoms with van der Waals surface area (Å²) >= 11 is 0. The number of phosphoric ester groups is 1. The van der Waals surface area contributed by atoms with E-state index < -0.39 is 25.1 Å². The van der Waals surface area contributed by atoms with Gasteiger partial charge in [0.1, 0.15) is 6.61 Å². The van der Waals surface area contributed by atoms with E-state index in [0.717, 1.165) is 38.2 Å². The lowest BCUT2D eigenvalue weighted by atomic mass is 9.81. The molecule has 1 saturated heterocycles. The SMILES string of the molecule is C/C(=N\OCc1ccc(C2CCCCC2)c(C(F)(F)F)c1)c1ccc(C(=O)N2CC[C@@](N)(COP(=O)(O)O)C2)cc1. The number of oxime groups is 1. The molecule has 0 radical (unpaired) electrons. The van der Waals surface area contributed by atoms with Crippen LogP contribution in [-0.4, -0.2) is 51.5 Å². The van der Waals surface area contributed by atoms with Crippen molar-refractivity contribution in [2.24, 2.45) is 10.9 Å². The Kier molecular flexibility index (Phi) is 9.60. The van der Waals surface area contributed by atoms with E-state index in [1.54, 1.807) is 43.3 Å². The van der Waals surface area contributed by atoms with Gasteiger partial charge in [-0.25, -0.2) is 4.57 Å². The van der Waals surface area contributed by atoms with Crippen LogP contribution in [0, 0.1) is 0 Å². The normalized spacial score (nSPS) is 20.9. The summed E-state index contributed by atoms with van der Waals surface area (Å²) < 4.78 is 57.0. The second-order valence-electron chi connectivity index (χ2n) is 10.9. The Hall–Kier alpha value is -2.76. The van der Waals surface area contributed by atoms with Crippen LogP contribution in [0.2, 0.25) is 0 Å². The van der Waals surface area contributed by atoms with Crippen molar-refractivity contribution in [2.45, 2.75) is 69.7 Å². The van der Waals surface area contributed by atoms with Gasteiger partial charge in [-0.05, 0) is 67.0 Å². The molecule has 2 aromatic rings. The maximum absolute atomic E-state index is 13.8. The molecule has 1 atom stereocenters. The molecule has 13 heteroatoms. The number of halogens is 3. The van der Waals surface area contributed by atoms with E-state index in [0.29, 0.717) is 40.9 Å². The molecule has 0 unspecified atom stereocenters. The molecular weight excluding hydrogens is 562 g/mol. The highest BCUT2D eigenvalue weighted by Crippen LogP contribution is 2.41. The fraction of sp³-hybridized carbons (Fsp3) is 0.500. The Labute approximate surface area is 236 Å². The van der Waals surface area contributed by atoms with Gasteiger partial charge in [-0.15, -0.1) is 0 Å². The number of phosphoric acid groups is 1. The lowest BCUT2D eigenvalue weighted by Crippen LogP contribution is -2.47. The molecule has 1 amide bonds. The Balaban J connectivity index is 1.35. The molecule has 1 heterocycles. The molecule has 41 heavy (non-hydrogen) atoms. The molecule has 1 aliphatic carbocycles. The second-order valence-corrected chi connectivity index (χ2v) is 12.1. The van der Waals surface area contributed by atoms with Crippen molar-refractivity contribution in [1.29, 1.82) is 0 Å². The summed E-state index contributed by atoms with van der Waals surface area (Å²) in [4.78, 5) is 37.6. The van der Waals surface area contributed by atoms with Crippen LogP contribution in [0.15, 0.2) is 47.6 Å². The Morgan fingerprint density at radius 1 is 1.12 bits per heavy atom. The maximum atomic E-state index is 13.8. The smallest absolute Gasteiger partial charge is 0.391 e. The molecule has 4 rings (SSSR count). The number of rotatable bonds is 9. The summed E-state index contributed by atoms with van der Waals surface area (Å²) in [5.74, 6) is -0.362. The summed E-state index contributed by atoms with van der Waals surface area (Å²) in [5, 5.41) is 4.05. The fourth-order valence-electron chi connectivity index (χ4n) is 5.40. The summed E-state index contributed by atoms with van der Waals surface area (Å²) in [6.45, 7) is 1.59. The van der Waals surface area contributed by atoms with Crippen LogP contribution in [0.4, 0.5) is 13.2 Å². The lowest BCUT2D eigenvalue weighted by molar-refractivity contribution is -0.138. The van der Waals surface area contributed by atoms with Gasteiger partial charge in [0.2, 0.25) is 0 Å². The highest BCUT2D eigenvalue weighted by molar-refractivity contribution is 7.46. The van der Waals surface area contributed by atoms with Gasteiger partial charge in [0.25, 0.3) is 5.91 Å². The minimum atomic E-state index is -4.67. The van der Waals surface area contributed by atoms with Crippen molar-refractivity contribution >= 4 is 19.4 Å².